The molecule has 0 radical (unpaired) electrons. The molecule has 2 heterocycles. The molecule has 10 heteroatoms. The monoisotopic (exact) mass is 512 g/mol. The third kappa shape index (κ3) is 5.47. The maximum absolute atomic E-state index is 13.2. The van der Waals surface area contributed by atoms with Crippen LogP contribution in [0.2, 0.25) is 0 Å². The summed E-state index contributed by atoms with van der Waals surface area (Å²) in [5.41, 5.74) is 0.825. The summed E-state index contributed by atoms with van der Waals surface area (Å²) < 4.78 is 5.44. The van der Waals surface area contributed by atoms with Crippen molar-refractivity contribution in [2.45, 2.75) is 64.5 Å². The van der Waals surface area contributed by atoms with Crippen LogP contribution in [0.5, 0.6) is 0 Å². The Kier molecular flexibility index (Phi) is 7.30. The average Bonchev–Trinajstić information content (AvgIpc) is 3.04. The van der Waals surface area contributed by atoms with Crippen LogP contribution in [0.15, 0.2) is 18.2 Å². The Labute approximate surface area is 217 Å². The molecule has 200 valence electrons. The number of aldehydes is 1. The minimum Gasteiger partial charge on any atom is -0.444 e. The first-order chi connectivity index (χ1) is 17.5. The zero-order valence-electron chi connectivity index (χ0n) is 22.0. The van der Waals surface area contributed by atoms with Gasteiger partial charge < -0.3 is 25.1 Å². The first-order valence-corrected chi connectivity index (χ1v) is 12.9. The number of hydrogen-bond acceptors (Lipinski definition) is 7. The molecular formula is C27H36N4O6. The molecule has 4 amide bonds. The van der Waals surface area contributed by atoms with E-state index in [2.05, 4.69) is 10.6 Å². The van der Waals surface area contributed by atoms with Gasteiger partial charge in [-0.25, -0.2) is 4.79 Å². The molecule has 1 atom stereocenters. The van der Waals surface area contributed by atoms with E-state index in [1.54, 1.807) is 23.1 Å². The lowest BCUT2D eigenvalue weighted by Gasteiger charge is -2.59. The Bertz CT molecular complexity index is 1100. The molecule has 1 saturated carbocycles. The lowest BCUT2D eigenvalue weighted by atomic mass is 9.57. The van der Waals surface area contributed by atoms with Gasteiger partial charge >= 0.3 is 6.09 Å². The van der Waals surface area contributed by atoms with E-state index < -0.39 is 23.5 Å². The van der Waals surface area contributed by atoms with Crippen molar-refractivity contribution < 1.29 is 28.7 Å². The number of benzene rings is 1. The molecule has 1 aliphatic carbocycles. The number of carbonyl (C=O) groups excluding carboxylic acids is 5. The first kappa shape index (κ1) is 26.6. The van der Waals surface area contributed by atoms with E-state index >= 15 is 0 Å². The van der Waals surface area contributed by atoms with Crippen LogP contribution in [-0.4, -0.2) is 78.2 Å². The normalized spacial score (nSPS) is 19.1. The SMILES string of the molecule is CNC(=O)CCC(C=O)N1C(=O)c2cccc(NCCC3CC4(C3)CN(C(=O)OC(C)(C)C)C4)c2C1=O. The first-order valence-electron chi connectivity index (χ1n) is 12.9. The molecule has 2 fully saturated rings. The van der Waals surface area contributed by atoms with Crippen molar-refractivity contribution in [2.24, 2.45) is 11.3 Å². The zero-order valence-corrected chi connectivity index (χ0v) is 22.0. The standard InChI is InChI=1S/C27H36N4O6/c1-26(2,3)37-25(36)30-15-27(16-30)12-17(13-27)10-11-29-20-7-5-6-19-22(20)24(35)31(23(19)34)18(14-32)8-9-21(33)28-4/h5-7,14,17-18,29H,8-13,15-16H2,1-4H3,(H,28,33). The average molecular weight is 513 g/mol. The van der Waals surface area contributed by atoms with E-state index in [0.717, 1.165) is 37.3 Å². The van der Waals surface area contributed by atoms with E-state index in [9.17, 15) is 24.0 Å². The lowest BCUT2D eigenvalue weighted by Crippen LogP contribution is -2.64. The highest BCUT2D eigenvalue weighted by molar-refractivity contribution is 6.24. The summed E-state index contributed by atoms with van der Waals surface area (Å²) in [5, 5.41) is 5.79. The van der Waals surface area contributed by atoms with Crippen molar-refractivity contribution in [2.75, 3.05) is 32.0 Å². The summed E-state index contributed by atoms with van der Waals surface area (Å²) in [7, 11) is 1.49. The number of imide groups is 1. The second-order valence-corrected chi connectivity index (χ2v) is 11.4. The molecule has 1 aromatic carbocycles. The molecule has 1 spiro atoms. The number of anilines is 1. The van der Waals surface area contributed by atoms with Gasteiger partial charge in [-0.1, -0.05) is 6.07 Å². The third-order valence-corrected chi connectivity index (χ3v) is 7.40. The highest BCUT2D eigenvalue weighted by Gasteiger charge is 2.54. The minimum atomic E-state index is -0.994. The molecule has 2 N–H and O–H groups in total. The smallest absolute Gasteiger partial charge is 0.410 e. The van der Waals surface area contributed by atoms with Crippen LogP contribution in [0, 0.1) is 11.3 Å². The van der Waals surface area contributed by atoms with E-state index in [1.807, 2.05) is 20.8 Å². The topological polar surface area (TPSA) is 125 Å². The van der Waals surface area contributed by atoms with Crippen LogP contribution in [0.25, 0.3) is 0 Å². The van der Waals surface area contributed by atoms with E-state index in [1.165, 1.54) is 7.05 Å². The Balaban J connectivity index is 1.28. The van der Waals surface area contributed by atoms with Gasteiger partial charge in [0.25, 0.3) is 11.8 Å². The van der Waals surface area contributed by atoms with E-state index in [-0.39, 0.29) is 41.4 Å². The number of hydrogen-bond donors (Lipinski definition) is 2. The molecule has 1 saturated heterocycles. The molecular weight excluding hydrogens is 476 g/mol. The van der Waals surface area contributed by atoms with Crippen molar-refractivity contribution in [3.8, 4) is 0 Å². The summed E-state index contributed by atoms with van der Waals surface area (Å²) in [5.74, 6) is -0.763. The van der Waals surface area contributed by atoms with Crippen molar-refractivity contribution in [3.63, 3.8) is 0 Å². The molecule has 2 aliphatic heterocycles. The summed E-state index contributed by atoms with van der Waals surface area (Å²) >= 11 is 0. The predicted octanol–water partition coefficient (Wildman–Crippen LogP) is 2.83. The number of nitrogens with one attached hydrogen (secondary N) is 2. The van der Waals surface area contributed by atoms with Crippen LogP contribution in [0.3, 0.4) is 0 Å². The van der Waals surface area contributed by atoms with Crippen LogP contribution >= 0.6 is 0 Å². The molecule has 10 nitrogen and oxygen atoms in total. The van der Waals surface area contributed by atoms with Crippen LogP contribution in [0.1, 0.15) is 73.6 Å². The zero-order chi connectivity index (χ0) is 27.0. The van der Waals surface area contributed by atoms with E-state index in [4.69, 9.17) is 4.74 Å². The fourth-order valence-electron chi connectivity index (χ4n) is 5.67. The number of nitrogens with zero attached hydrogens (tertiary/aromatic N) is 2. The molecule has 1 aromatic rings. The van der Waals surface area contributed by atoms with Crippen molar-refractivity contribution in [1.82, 2.24) is 15.1 Å². The molecule has 4 rings (SSSR count). The summed E-state index contributed by atoms with van der Waals surface area (Å²) in [6, 6.07) is 4.07. The van der Waals surface area contributed by atoms with Gasteiger partial charge in [-0.2, -0.15) is 0 Å². The summed E-state index contributed by atoms with van der Waals surface area (Å²) in [4.78, 5) is 64.3. The minimum absolute atomic E-state index is 0.0385. The van der Waals surface area contributed by atoms with Crippen LogP contribution in [0.4, 0.5) is 10.5 Å². The Hall–Kier alpha value is -3.43. The third-order valence-electron chi connectivity index (χ3n) is 7.40. The van der Waals surface area contributed by atoms with E-state index in [0.29, 0.717) is 24.4 Å². The van der Waals surface area contributed by atoms with Gasteiger partial charge in [-0.05, 0) is 64.5 Å². The quantitative estimate of drug-likeness (QED) is 0.385. The highest BCUT2D eigenvalue weighted by atomic mass is 16.6. The Morgan fingerprint density at radius 3 is 2.51 bits per heavy atom. The van der Waals surface area contributed by atoms with Crippen molar-refractivity contribution in [1.29, 1.82) is 0 Å². The molecule has 0 bridgehead atoms. The van der Waals surface area contributed by atoms with Gasteiger partial charge in [0.2, 0.25) is 5.91 Å². The van der Waals surface area contributed by atoms with Crippen molar-refractivity contribution >= 4 is 35.8 Å². The number of ether oxygens (including phenoxy) is 1. The Morgan fingerprint density at radius 1 is 1.19 bits per heavy atom. The molecule has 3 aliphatic rings. The number of carbonyl (C=O) groups is 5. The second-order valence-electron chi connectivity index (χ2n) is 11.4. The maximum atomic E-state index is 13.2. The predicted molar refractivity (Wildman–Crippen MR) is 136 cm³/mol. The Morgan fingerprint density at radius 2 is 1.89 bits per heavy atom. The maximum Gasteiger partial charge on any atom is 0.410 e. The summed E-state index contributed by atoms with van der Waals surface area (Å²) in [6.45, 7) is 7.71. The molecule has 1 unspecified atom stereocenters. The van der Waals surface area contributed by atoms with Crippen LogP contribution < -0.4 is 10.6 Å². The molecule has 37 heavy (non-hydrogen) atoms. The number of likely N-dealkylation sites (tertiary alicyclic amines) is 1. The summed E-state index contributed by atoms with van der Waals surface area (Å²) in [6.07, 6.45) is 3.43. The largest absolute Gasteiger partial charge is 0.444 e. The van der Waals surface area contributed by atoms with Gasteiger partial charge in [0.05, 0.1) is 17.2 Å². The van der Waals surface area contributed by atoms with Gasteiger partial charge in [0.15, 0.2) is 0 Å². The number of rotatable bonds is 9. The second kappa shape index (κ2) is 10.1. The number of amides is 4. The highest BCUT2D eigenvalue weighted by Crippen LogP contribution is 2.53. The van der Waals surface area contributed by atoms with Crippen molar-refractivity contribution in [3.05, 3.63) is 29.3 Å². The number of fused-ring (bicyclic) bond motifs is 1. The van der Waals surface area contributed by atoms with Gasteiger partial charge in [-0.15, -0.1) is 0 Å². The fraction of sp³-hybridized carbons (Fsp3) is 0.593. The molecule has 0 aromatic heterocycles. The van der Waals surface area contributed by atoms with Gasteiger partial charge in [0.1, 0.15) is 11.9 Å². The fourth-order valence-corrected chi connectivity index (χ4v) is 5.67. The van der Waals surface area contributed by atoms with Crippen LogP contribution in [-0.2, 0) is 14.3 Å². The van der Waals surface area contributed by atoms with Gasteiger partial charge in [0, 0.05) is 44.2 Å². The van der Waals surface area contributed by atoms with Gasteiger partial charge in [-0.3, -0.25) is 19.3 Å². The lowest BCUT2D eigenvalue weighted by molar-refractivity contribution is -0.121.